The molecule has 23 heavy (non-hydrogen) atoms. The minimum atomic E-state index is -3.59. The van der Waals surface area contributed by atoms with Crippen molar-refractivity contribution >= 4 is 10.0 Å². The number of rotatable bonds is 2. The van der Waals surface area contributed by atoms with E-state index in [4.69, 9.17) is 4.74 Å². The lowest BCUT2D eigenvalue weighted by atomic mass is 10.1. The van der Waals surface area contributed by atoms with E-state index >= 15 is 0 Å². The summed E-state index contributed by atoms with van der Waals surface area (Å²) < 4.78 is 58.2. The molecule has 122 valence electrons. The summed E-state index contributed by atoms with van der Waals surface area (Å²) in [4.78, 5) is 0.196. The monoisotopic (exact) mass is 339 g/mol. The zero-order valence-corrected chi connectivity index (χ0v) is 13.6. The Kier molecular flexibility index (Phi) is 3.65. The second-order valence-corrected chi connectivity index (χ2v) is 7.45. The fraction of sp³-hybridized carbons (Fsp3) is 0.250. The van der Waals surface area contributed by atoms with Crippen molar-refractivity contribution in [3.05, 3.63) is 53.1 Å². The summed E-state index contributed by atoms with van der Waals surface area (Å²) in [7, 11) is -2.07. The van der Waals surface area contributed by atoms with Gasteiger partial charge in [0.15, 0.2) is 0 Å². The van der Waals surface area contributed by atoms with Crippen molar-refractivity contribution in [3.63, 3.8) is 0 Å². The van der Waals surface area contributed by atoms with Gasteiger partial charge in [-0.3, -0.25) is 0 Å². The highest BCUT2D eigenvalue weighted by atomic mass is 32.2. The second kappa shape index (κ2) is 5.28. The summed E-state index contributed by atoms with van der Waals surface area (Å²) in [6.07, 6.45) is 0. The van der Waals surface area contributed by atoms with Crippen molar-refractivity contribution in [1.29, 1.82) is 0 Å². The Hall–Kier alpha value is -1.99. The maximum atomic E-state index is 13.3. The summed E-state index contributed by atoms with van der Waals surface area (Å²) in [6.45, 7) is 3.42. The molecule has 3 rings (SSSR count). The third-order valence-corrected chi connectivity index (χ3v) is 6.22. The summed E-state index contributed by atoms with van der Waals surface area (Å²) in [5.41, 5.74) is 1.10. The van der Waals surface area contributed by atoms with Gasteiger partial charge in [-0.15, -0.1) is 0 Å². The molecule has 1 heterocycles. The fourth-order valence-corrected chi connectivity index (χ4v) is 4.58. The molecule has 7 heteroatoms. The summed E-state index contributed by atoms with van der Waals surface area (Å²) in [5, 5.41) is 0. The topological polar surface area (TPSA) is 46.6 Å². The zero-order chi connectivity index (χ0) is 16.9. The standard InChI is InChI=1S/C16H15F2NO3S/c1-9-15(22-13-7-11(17)6-12(18)8-13)5-4-14-10(2)19(3)23(20,21)16(9)14/h4-8,10H,1-3H3. The van der Waals surface area contributed by atoms with E-state index in [0.717, 1.165) is 18.2 Å². The van der Waals surface area contributed by atoms with Gasteiger partial charge in [-0.25, -0.2) is 17.2 Å². The first-order valence-corrected chi connectivity index (χ1v) is 8.41. The van der Waals surface area contributed by atoms with Crippen molar-refractivity contribution in [2.24, 2.45) is 0 Å². The number of halogens is 2. The predicted octanol–water partition coefficient (Wildman–Crippen LogP) is 3.76. The van der Waals surface area contributed by atoms with Gasteiger partial charge in [0.05, 0.1) is 4.90 Å². The van der Waals surface area contributed by atoms with Gasteiger partial charge in [-0.2, -0.15) is 4.31 Å². The van der Waals surface area contributed by atoms with Crippen LogP contribution in [-0.4, -0.2) is 19.8 Å². The number of sulfonamides is 1. The maximum Gasteiger partial charge on any atom is 0.244 e. The second-order valence-electron chi connectivity index (χ2n) is 5.51. The molecular weight excluding hydrogens is 324 g/mol. The SMILES string of the molecule is Cc1c(Oc2cc(F)cc(F)c2)ccc2c1S(=O)(=O)N(C)C2C. The quantitative estimate of drug-likeness (QED) is 0.837. The largest absolute Gasteiger partial charge is 0.457 e. The molecule has 0 saturated carbocycles. The molecule has 0 bridgehead atoms. The van der Waals surface area contributed by atoms with E-state index < -0.39 is 21.7 Å². The van der Waals surface area contributed by atoms with E-state index in [1.54, 1.807) is 26.0 Å². The Morgan fingerprint density at radius 1 is 1.13 bits per heavy atom. The number of benzene rings is 2. The van der Waals surface area contributed by atoms with E-state index in [1.165, 1.54) is 11.4 Å². The Morgan fingerprint density at radius 2 is 1.74 bits per heavy atom. The van der Waals surface area contributed by atoms with Crippen LogP contribution in [0.15, 0.2) is 35.2 Å². The van der Waals surface area contributed by atoms with Crippen LogP contribution in [0, 0.1) is 18.6 Å². The Morgan fingerprint density at radius 3 is 2.35 bits per heavy atom. The molecule has 1 unspecified atom stereocenters. The molecule has 1 aliphatic rings. The summed E-state index contributed by atoms with van der Waals surface area (Å²) in [5.74, 6) is -1.30. The molecule has 0 aromatic heterocycles. The van der Waals surface area contributed by atoms with Crippen LogP contribution in [0.4, 0.5) is 8.78 Å². The molecule has 0 saturated heterocycles. The molecule has 0 amide bonds. The number of nitrogens with zero attached hydrogens (tertiary/aromatic N) is 1. The Labute approximate surface area is 133 Å². The first kappa shape index (κ1) is 15.9. The number of hydrogen-bond acceptors (Lipinski definition) is 3. The molecule has 0 N–H and O–H groups in total. The minimum absolute atomic E-state index is 0.0256. The number of ether oxygens (including phenoxy) is 1. The Bertz CT molecular complexity index is 876. The average Bonchev–Trinajstić information content (AvgIpc) is 2.62. The van der Waals surface area contributed by atoms with Crippen LogP contribution >= 0.6 is 0 Å². The van der Waals surface area contributed by atoms with Crippen molar-refractivity contribution in [2.75, 3.05) is 7.05 Å². The minimum Gasteiger partial charge on any atom is -0.457 e. The van der Waals surface area contributed by atoms with E-state index in [1.807, 2.05) is 0 Å². The van der Waals surface area contributed by atoms with E-state index in [2.05, 4.69) is 0 Å². The Balaban J connectivity index is 2.09. The van der Waals surface area contributed by atoms with Gasteiger partial charge in [0.1, 0.15) is 23.1 Å². The molecule has 2 aromatic rings. The third-order valence-electron chi connectivity index (χ3n) is 4.08. The van der Waals surface area contributed by atoms with Gasteiger partial charge in [-0.1, -0.05) is 6.07 Å². The molecule has 0 radical (unpaired) electrons. The molecule has 1 aliphatic heterocycles. The predicted molar refractivity (Wildman–Crippen MR) is 81.0 cm³/mol. The van der Waals surface area contributed by atoms with Gasteiger partial charge in [-0.05, 0) is 25.5 Å². The summed E-state index contributed by atoms with van der Waals surface area (Å²) in [6, 6.07) is 5.83. The highest BCUT2D eigenvalue weighted by molar-refractivity contribution is 7.89. The van der Waals surface area contributed by atoms with Crippen LogP contribution in [0.1, 0.15) is 24.1 Å². The third kappa shape index (κ3) is 2.49. The lowest BCUT2D eigenvalue weighted by Gasteiger charge is -2.12. The molecule has 1 atom stereocenters. The first-order chi connectivity index (χ1) is 10.7. The number of fused-ring (bicyclic) bond motifs is 1. The normalized spacial score (nSPS) is 19.6. The van der Waals surface area contributed by atoms with Crippen LogP contribution in [0.2, 0.25) is 0 Å². The van der Waals surface area contributed by atoms with Crippen LogP contribution in [-0.2, 0) is 10.0 Å². The van der Waals surface area contributed by atoms with E-state index in [0.29, 0.717) is 11.1 Å². The van der Waals surface area contributed by atoms with Gasteiger partial charge in [0.25, 0.3) is 0 Å². The first-order valence-electron chi connectivity index (χ1n) is 6.97. The molecule has 2 aromatic carbocycles. The zero-order valence-electron chi connectivity index (χ0n) is 12.8. The highest BCUT2D eigenvalue weighted by Crippen LogP contribution is 2.43. The van der Waals surface area contributed by atoms with Crippen LogP contribution in [0.25, 0.3) is 0 Å². The van der Waals surface area contributed by atoms with Gasteiger partial charge >= 0.3 is 0 Å². The highest BCUT2D eigenvalue weighted by Gasteiger charge is 2.39. The molecule has 0 aliphatic carbocycles. The van der Waals surface area contributed by atoms with Crippen molar-refractivity contribution in [1.82, 2.24) is 4.31 Å². The smallest absolute Gasteiger partial charge is 0.244 e. The van der Waals surface area contributed by atoms with E-state index in [9.17, 15) is 17.2 Å². The van der Waals surface area contributed by atoms with E-state index in [-0.39, 0.29) is 22.4 Å². The summed E-state index contributed by atoms with van der Waals surface area (Å²) >= 11 is 0. The van der Waals surface area contributed by atoms with Crippen LogP contribution < -0.4 is 4.74 Å². The van der Waals surface area contributed by atoms with Crippen LogP contribution in [0.3, 0.4) is 0 Å². The fourth-order valence-electron chi connectivity index (χ4n) is 2.74. The van der Waals surface area contributed by atoms with Crippen molar-refractivity contribution in [3.8, 4) is 11.5 Å². The lowest BCUT2D eigenvalue weighted by molar-refractivity contribution is 0.420. The average molecular weight is 339 g/mol. The maximum absolute atomic E-state index is 13.3. The van der Waals surface area contributed by atoms with Crippen LogP contribution in [0.5, 0.6) is 11.5 Å². The van der Waals surface area contributed by atoms with Gasteiger partial charge < -0.3 is 4.74 Å². The molecular formula is C16H15F2NO3S. The molecule has 0 fully saturated rings. The number of hydrogen-bond donors (Lipinski definition) is 0. The molecule has 0 spiro atoms. The molecule has 4 nitrogen and oxygen atoms in total. The van der Waals surface area contributed by atoms with Crippen molar-refractivity contribution < 1.29 is 21.9 Å². The van der Waals surface area contributed by atoms with Crippen molar-refractivity contribution in [2.45, 2.75) is 24.8 Å². The lowest BCUT2D eigenvalue weighted by Crippen LogP contribution is -2.21. The van der Waals surface area contributed by atoms with Gasteiger partial charge in [0, 0.05) is 36.9 Å². The van der Waals surface area contributed by atoms with Gasteiger partial charge in [0.2, 0.25) is 10.0 Å².